The Hall–Kier alpha value is -2.50. The van der Waals surface area contributed by atoms with E-state index in [4.69, 9.17) is 9.84 Å². The van der Waals surface area contributed by atoms with Gasteiger partial charge in [-0.2, -0.15) is 5.10 Å². The molecule has 1 aromatic heterocycles. The van der Waals surface area contributed by atoms with E-state index in [2.05, 4.69) is 5.10 Å². The average Bonchev–Trinajstić information content (AvgIpc) is 3.23. The number of para-hydroxylation sites is 2. The molecule has 3 atom stereocenters. The number of carboxylic acid groups (broad SMARTS) is 1. The normalized spacial score (nSPS) is 26.3. The molecule has 1 aromatic carbocycles. The summed E-state index contributed by atoms with van der Waals surface area (Å²) < 4.78 is 8.04. The van der Waals surface area contributed by atoms with Gasteiger partial charge in [-0.3, -0.25) is 0 Å². The zero-order valence-electron chi connectivity index (χ0n) is 12.7. The van der Waals surface area contributed by atoms with Crippen LogP contribution in [0.25, 0.3) is 5.69 Å². The Morgan fingerprint density at radius 1 is 1.17 bits per heavy atom. The number of amides is 1. The Balaban J connectivity index is 1.46. The van der Waals surface area contributed by atoms with E-state index in [1.54, 1.807) is 10.9 Å². The maximum Gasteiger partial charge on any atom is 0.407 e. The van der Waals surface area contributed by atoms with Gasteiger partial charge in [0.15, 0.2) is 0 Å². The third-order valence-electron chi connectivity index (χ3n) is 4.89. The van der Waals surface area contributed by atoms with Gasteiger partial charge in [0.2, 0.25) is 0 Å². The summed E-state index contributed by atoms with van der Waals surface area (Å²) >= 11 is 0. The van der Waals surface area contributed by atoms with Crippen LogP contribution >= 0.6 is 0 Å². The highest BCUT2D eigenvalue weighted by Gasteiger charge is 2.43. The van der Waals surface area contributed by atoms with Crippen molar-refractivity contribution in [2.45, 2.75) is 18.9 Å². The van der Waals surface area contributed by atoms with E-state index in [0.717, 1.165) is 24.3 Å². The Morgan fingerprint density at radius 3 is 2.57 bits per heavy atom. The SMILES string of the molecule is O=C(O)N1C[C@H]2C[C@@H](Oc3ccccc3-n3cccn3)C[C@H]2C1. The molecule has 1 saturated heterocycles. The molecule has 2 fully saturated rings. The van der Waals surface area contributed by atoms with Crippen LogP contribution in [-0.4, -0.2) is 45.1 Å². The number of hydrogen-bond donors (Lipinski definition) is 1. The molecule has 23 heavy (non-hydrogen) atoms. The van der Waals surface area contributed by atoms with Crippen molar-refractivity contribution in [3.63, 3.8) is 0 Å². The molecular formula is C17H19N3O3. The van der Waals surface area contributed by atoms with Gasteiger partial charge in [0.05, 0.1) is 6.10 Å². The minimum Gasteiger partial charge on any atom is -0.488 e. The van der Waals surface area contributed by atoms with E-state index in [1.807, 2.05) is 36.5 Å². The van der Waals surface area contributed by atoms with E-state index in [9.17, 15) is 4.79 Å². The van der Waals surface area contributed by atoms with E-state index in [1.165, 1.54) is 4.90 Å². The number of carbonyl (C=O) groups is 1. The van der Waals surface area contributed by atoms with Crippen molar-refractivity contribution < 1.29 is 14.6 Å². The molecule has 0 bridgehead atoms. The van der Waals surface area contributed by atoms with Crippen LogP contribution in [-0.2, 0) is 0 Å². The Labute approximate surface area is 134 Å². The molecule has 0 radical (unpaired) electrons. The topological polar surface area (TPSA) is 67.6 Å². The second-order valence-corrected chi connectivity index (χ2v) is 6.34. The quantitative estimate of drug-likeness (QED) is 0.946. The third-order valence-corrected chi connectivity index (χ3v) is 4.89. The van der Waals surface area contributed by atoms with Crippen molar-refractivity contribution in [3.8, 4) is 11.4 Å². The van der Waals surface area contributed by atoms with Gasteiger partial charge in [0, 0.05) is 25.5 Å². The molecule has 6 nitrogen and oxygen atoms in total. The maximum absolute atomic E-state index is 11.1. The van der Waals surface area contributed by atoms with Gasteiger partial charge in [-0.25, -0.2) is 9.48 Å². The molecule has 1 amide bonds. The van der Waals surface area contributed by atoms with Crippen LogP contribution in [0.15, 0.2) is 42.7 Å². The van der Waals surface area contributed by atoms with Gasteiger partial charge in [0.1, 0.15) is 11.4 Å². The minimum atomic E-state index is -0.805. The lowest BCUT2D eigenvalue weighted by Gasteiger charge is -2.19. The zero-order valence-corrected chi connectivity index (χ0v) is 12.7. The van der Waals surface area contributed by atoms with Crippen LogP contribution in [0.1, 0.15) is 12.8 Å². The molecular weight excluding hydrogens is 294 g/mol. The number of fused-ring (bicyclic) bond motifs is 1. The van der Waals surface area contributed by atoms with E-state index >= 15 is 0 Å². The molecule has 1 saturated carbocycles. The molecule has 2 aromatic rings. The van der Waals surface area contributed by atoms with E-state index in [0.29, 0.717) is 24.9 Å². The third kappa shape index (κ3) is 2.65. The first-order valence-corrected chi connectivity index (χ1v) is 7.94. The lowest BCUT2D eigenvalue weighted by atomic mass is 10.0. The average molecular weight is 313 g/mol. The summed E-state index contributed by atoms with van der Waals surface area (Å²) in [7, 11) is 0. The molecule has 6 heteroatoms. The highest BCUT2D eigenvalue weighted by molar-refractivity contribution is 5.65. The summed E-state index contributed by atoms with van der Waals surface area (Å²) in [6.07, 6.45) is 4.83. The van der Waals surface area contributed by atoms with E-state index < -0.39 is 6.09 Å². The number of hydrogen-bond acceptors (Lipinski definition) is 3. The van der Waals surface area contributed by atoms with Gasteiger partial charge < -0.3 is 14.7 Å². The van der Waals surface area contributed by atoms with Crippen molar-refractivity contribution in [3.05, 3.63) is 42.7 Å². The van der Waals surface area contributed by atoms with Crippen LogP contribution in [0.3, 0.4) is 0 Å². The highest BCUT2D eigenvalue weighted by Crippen LogP contribution is 2.40. The summed E-state index contributed by atoms with van der Waals surface area (Å²) in [5, 5.41) is 13.4. The smallest absolute Gasteiger partial charge is 0.407 e. The van der Waals surface area contributed by atoms with Crippen molar-refractivity contribution in [2.75, 3.05) is 13.1 Å². The first-order valence-electron chi connectivity index (χ1n) is 7.94. The van der Waals surface area contributed by atoms with Crippen LogP contribution in [0.4, 0.5) is 4.79 Å². The minimum absolute atomic E-state index is 0.151. The highest BCUT2D eigenvalue weighted by atomic mass is 16.5. The molecule has 2 heterocycles. The van der Waals surface area contributed by atoms with Crippen LogP contribution < -0.4 is 4.74 Å². The summed E-state index contributed by atoms with van der Waals surface area (Å²) in [6, 6.07) is 9.78. The Kier molecular flexibility index (Phi) is 3.44. The fraction of sp³-hybridized carbons (Fsp3) is 0.412. The molecule has 4 rings (SSSR count). The van der Waals surface area contributed by atoms with Crippen LogP contribution in [0, 0.1) is 11.8 Å². The summed E-state index contributed by atoms with van der Waals surface area (Å²) in [5.41, 5.74) is 0.932. The van der Waals surface area contributed by atoms with Crippen molar-refractivity contribution in [1.29, 1.82) is 0 Å². The number of aromatic nitrogens is 2. The summed E-state index contributed by atoms with van der Waals surface area (Å²) in [5.74, 6) is 1.68. The van der Waals surface area contributed by atoms with E-state index in [-0.39, 0.29) is 6.10 Å². The first kappa shape index (κ1) is 14.1. The summed E-state index contributed by atoms with van der Waals surface area (Å²) in [6.45, 7) is 1.28. The lowest BCUT2D eigenvalue weighted by molar-refractivity contribution is 0.144. The number of benzene rings is 1. The predicted molar refractivity (Wildman–Crippen MR) is 83.8 cm³/mol. The molecule has 0 unspecified atom stereocenters. The van der Waals surface area contributed by atoms with Gasteiger partial charge in [-0.05, 0) is 42.9 Å². The maximum atomic E-state index is 11.1. The fourth-order valence-corrected chi connectivity index (χ4v) is 3.83. The molecule has 1 aliphatic heterocycles. The largest absolute Gasteiger partial charge is 0.488 e. The number of nitrogens with zero attached hydrogens (tertiary/aromatic N) is 3. The zero-order chi connectivity index (χ0) is 15.8. The molecule has 1 aliphatic carbocycles. The van der Waals surface area contributed by atoms with Gasteiger partial charge in [-0.15, -0.1) is 0 Å². The molecule has 1 N–H and O–H groups in total. The standard InChI is InChI=1S/C17H19N3O3/c21-17(22)19-10-12-8-14(9-13(12)11-19)23-16-5-2-1-4-15(16)20-7-3-6-18-20/h1-7,12-14H,8-11H2,(H,21,22)/t12-,13+,14-. The van der Waals surface area contributed by atoms with Crippen molar-refractivity contribution >= 4 is 6.09 Å². The number of likely N-dealkylation sites (tertiary alicyclic amines) is 1. The Bertz CT molecular complexity index is 687. The Morgan fingerprint density at radius 2 is 1.91 bits per heavy atom. The molecule has 120 valence electrons. The second kappa shape index (κ2) is 5.61. The molecule has 2 aliphatic rings. The number of rotatable bonds is 3. The van der Waals surface area contributed by atoms with Crippen molar-refractivity contribution in [1.82, 2.24) is 14.7 Å². The second-order valence-electron chi connectivity index (χ2n) is 6.34. The fourth-order valence-electron chi connectivity index (χ4n) is 3.83. The number of ether oxygens (including phenoxy) is 1. The van der Waals surface area contributed by atoms with Crippen LogP contribution in [0.2, 0.25) is 0 Å². The van der Waals surface area contributed by atoms with Crippen LogP contribution in [0.5, 0.6) is 5.75 Å². The van der Waals surface area contributed by atoms with Gasteiger partial charge >= 0.3 is 6.09 Å². The van der Waals surface area contributed by atoms with Gasteiger partial charge in [0.25, 0.3) is 0 Å². The molecule has 0 spiro atoms. The monoisotopic (exact) mass is 313 g/mol. The lowest BCUT2D eigenvalue weighted by Crippen LogP contribution is -2.29. The summed E-state index contributed by atoms with van der Waals surface area (Å²) in [4.78, 5) is 12.6. The first-order chi connectivity index (χ1) is 11.2. The predicted octanol–water partition coefficient (Wildman–Crippen LogP) is 2.64. The van der Waals surface area contributed by atoms with Crippen molar-refractivity contribution in [2.24, 2.45) is 11.8 Å². The van der Waals surface area contributed by atoms with Gasteiger partial charge in [-0.1, -0.05) is 12.1 Å².